The molecule has 0 unspecified atom stereocenters. The molecule has 0 radical (unpaired) electrons. The van der Waals surface area contributed by atoms with Gasteiger partial charge in [0.2, 0.25) is 0 Å². The van der Waals surface area contributed by atoms with Gasteiger partial charge >= 0.3 is 12.1 Å². The summed E-state index contributed by atoms with van der Waals surface area (Å²) in [5.74, 6) is -0.991. The number of amides is 1. The maximum atomic E-state index is 11.1. The van der Waals surface area contributed by atoms with Crippen LogP contribution in [0.15, 0.2) is 30.3 Å². The first kappa shape index (κ1) is 16.9. The summed E-state index contributed by atoms with van der Waals surface area (Å²) in [6.07, 6.45) is 0.454. The second-order valence-corrected chi connectivity index (χ2v) is 4.51. The topological polar surface area (TPSA) is 108 Å². The maximum Gasteiger partial charge on any atom is 0.404 e. The average Bonchev–Trinajstić information content (AvgIpc) is 2.45. The van der Waals surface area contributed by atoms with Crippen LogP contribution < -0.4 is 10.8 Å². The van der Waals surface area contributed by atoms with Crippen molar-refractivity contribution in [3.8, 4) is 0 Å². The number of hydroxylamine groups is 1. The van der Waals surface area contributed by atoms with Crippen LogP contribution >= 0.6 is 0 Å². The molecule has 0 spiro atoms. The number of carboxylic acids is 1. The lowest BCUT2D eigenvalue weighted by atomic mass is 10.1. The van der Waals surface area contributed by atoms with E-state index >= 15 is 0 Å². The van der Waals surface area contributed by atoms with Gasteiger partial charge in [-0.15, -0.1) is 0 Å². The zero-order chi connectivity index (χ0) is 15.5. The van der Waals surface area contributed by atoms with Crippen molar-refractivity contribution in [1.29, 1.82) is 0 Å². The number of rotatable bonds is 10. The third-order valence-electron chi connectivity index (χ3n) is 2.80. The molecule has 1 amide bonds. The Morgan fingerprint density at radius 2 is 1.86 bits per heavy atom. The highest BCUT2D eigenvalue weighted by Crippen LogP contribution is 2.03. The van der Waals surface area contributed by atoms with Crippen molar-refractivity contribution in [2.24, 2.45) is 0 Å². The normalized spacial score (nSPS) is 11.8. The molecule has 0 aromatic heterocycles. The van der Waals surface area contributed by atoms with E-state index in [-0.39, 0.29) is 6.61 Å². The minimum absolute atomic E-state index is 0.283. The fourth-order valence-electron chi connectivity index (χ4n) is 1.70. The lowest BCUT2D eigenvalue weighted by Gasteiger charge is -2.14. The van der Waals surface area contributed by atoms with Gasteiger partial charge in [-0.3, -0.25) is 9.63 Å². The van der Waals surface area contributed by atoms with Gasteiger partial charge in [0.25, 0.3) is 0 Å². The zero-order valence-corrected chi connectivity index (χ0v) is 11.6. The van der Waals surface area contributed by atoms with Crippen molar-refractivity contribution in [3.63, 3.8) is 0 Å². The first-order chi connectivity index (χ1) is 10.1. The monoisotopic (exact) mass is 296 g/mol. The van der Waals surface area contributed by atoms with Crippen molar-refractivity contribution >= 4 is 12.1 Å². The van der Waals surface area contributed by atoms with Crippen LogP contribution in [-0.4, -0.2) is 34.9 Å². The first-order valence-corrected chi connectivity index (χ1v) is 6.70. The number of benzene rings is 1. The zero-order valence-electron chi connectivity index (χ0n) is 11.6. The summed E-state index contributed by atoms with van der Waals surface area (Å²) in [4.78, 5) is 26.5. The molecule has 4 N–H and O–H groups in total. The lowest BCUT2D eigenvalue weighted by molar-refractivity contribution is -0.145. The molecule has 0 aliphatic rings. The fraction of sp³-hybridized carbons (Fsp3) is 0.429. The van der Waals surface area contributed by atoms with Gasteiger partial charge in [-0.1, -0.05) is 30.3 Å². The van der Waals surface area contributed by atoms with E-state index in [1.165, 1.54) is 0 Å². The molecule has 7 heteroatoms. The van der Waals surface area contributed by atoms with Crippen LogP contribution in [0.3, 0.4) is 0 Å². The summed E-state index contributed by atoms with van der Waals surface area (Å²) in [5.41, 5.74) is 3.48. The third-order valence-corrected chi connectivity index (χ3v) is 2.80. The Hall–Kier alpha value is -2.12. The molecule has 21 heavy (non-hydrogen) atoms. The van der Waals surface area contributed by atoms with Crippen molar-refractivity contribution in [1.82, 2.24) is 10.8 Å². The molecular weight excluding hydrogens is 276 g/mol. The number of hydrogen-bond donors (Lipinski definition) is 4. The van der Waals surface area contributed by atoms with E-state index in [9.17, 15) is 9.59 Å². The molecule has 1 atom stereocenters. The SMILES string of the molecule is O=C(O)NCCCC[C@H](NOCc1ccccc1)C(=O)O. The van der Waals surface area contributed by atoms with E-state index in [0.717, 1.165) is 5.56 Å². The second kappa shape index (κ2) is 9.73. The van der Waals surface area contributed by atoms with E-state index in [0.29, 0.717) is 25.8 Å². The van der Waals surface area contributed by atoms with Crippen molar-refractivity contribution in [2.75, 3.05) is 6.54 Å². The molecular formula is C14H20N2O5. The minimum Gasteiger partial charge on any atom is -0.480 e. The molecule has 1 aromatic carbocycles. The number of carbonyl (C=O) groups is 2. The van der Waals surface area contributed by atoms with Crippen LogP contribution in [0.25, 0.3) is 0 Å². The molecule has 1 aromatic rings. The Balaban J connectivity index is 2.20. The van der Waals surface area contributed by atoms with E-state index in [1.54, 1.807) is 0 Å². The highest BCUT2D eigenvalue weighted by Gasteiger charge is 2.16. The summed E-state index contributed by atoms with van der Waals surface area (Å²) in [7, 11) is 0. The molecule has 1 rings (SSSR count). The number of hydrogen-bond acceptors (Lipinski definition) is 4. The number of carboxylic acid groups (broad SMARTS) is 2. The Labute approximate surface area is 122 Å². The van der Waals surface area contributed by atoms with Crippen LogP contribution in [0, 0.1) is 0 Å². The quantitative estimate of drug-likeness (QED) is 0.386. The summed E-state index contributed by atoms with van der Waals surface area (Å²) >= 11 is 0. The van der Waals surface area contributed by atoms with Crippen molar-refractivity contribution in [2.45, 2.75) is 31.9 Å². The van der Waals surface area contributed by atoms with Gasteiger partial charge in [0.1, 0.15) is 6.04 Å². The van der Waals surface area contributed by atoms with E-state index < -0.39 is 18.1 Å². The van der Waals surface area contributed by atoms with Crippen LogP contribution in [0.2, 0.25) is 0 Å². The smallest absolute Gasteiger partial charge is 0.404 e. The molecule has 0 heterocycles. The lowest BCUT2D eigenvalue weighted by Crippen LogP contribution is -2.36. The number of aliphatic carboxylic acids is 1. The Bertz CT molecular complexity index is 438. The van der Waals surface area contributed by atoms with E-state index in [1.807, 2.05) is 30.3 Å². The van der Waals surface area contributed by atoms with Gasteiger partial charge in [0.05, 0.1) is 6.61 Å². The third kappa shape index (κ3) is 7.91. The standard InChI is InChI=1S/C14H20N2O5/c17-13(18)12(8-4-5-9-15-14(19)20)16-21-10-11-6-2-1-3-7-11/h1-3,6-7,12,15-16H,4-5,8-10H2,(H,17,18)(H,19,20)/t12-/m0/s1. The number of nitrogens with one attached hydrogen (secondary N) is 2. The summed E-state index contributed by atoms with van der Waals surface area (Å²) in [6, 6.07) is 8.61. The Kier molecular flexibility index (Phi) is 7.85. The molecule has 0 bridgehead atoms. The first-order valence-electron chi connectivity index (χ1n) is 6.70. The molecule has 0 aliphatic carbocycles. The summed E-state index contributed by atoms with van der Waals surface area (Å²) in [5, 5.41) is 19.7. The van der Waals surface area contributed by atoms with Gasteiger partial charge in [0, 0.05) is 6.54 Å². The average molecular weight is 296 g/mol. The maximum absolute atomic E-state index is 11.1. The van der Waals surface area contributed by atoms with Gasteiger partial charge in [-0.25, -0.2) is 4.79 Å². The largest absolute Gasteiger partial charge is 0.480 e. The minimum atomic E-state index is -1.07. The summed E-state index contributed by atoms with van der Waals surface area (Å²) < 4.78 is 0. The van der Waals surface area contributed by atoms with E-state index in [2.05, 4.69) is 10.8 Å². The van der Waals surface area contributed by atoms with Crippen LogP contribution in [0.1, 0.15) is 24.8 Å². The molecule has 7 nitrogen and oxygen atoms in total. The van der Waals surface area contributed by atoms with Crippen LogP contribution in [-0.2, 0) is 16.2 Å². The summed E-state index contributed by atoms with van der Waals surface area (Å²) in [6.45, 7) is 0.595. The molecule has 0 saturated heterocycles. The van der Waals surface area contributed by atoms with E-state index in [4.69, 9.17) is 15.1 Å². The second-order valence-electron chi connectivity index (χ2n) is 4.51. The Morgan fingerprint density at radius 1 is 1.14 bits per heavy atom. The van der Waals surface area contributed by atoms with Gasteiger partial charge in [-0.05, 0) is 24.8 Å². The van der Waals surface area contributed by atoms with Crippen LogP contribution in [0.5, 0.6) is 0 Å². The van der Waals surface area contributed by atoms with Gasteiger partial charge < -0.3 is 15.5 Å². The highest BCUT2D eigenvalue weighted by atomic mass is 16.6. The molecule has 116 valence electrons. The highest BCUT2D eigenvalue weighted by molar-refractivity contribution is 5.73. The Morgan fingerprint density at radius 3 is 2.48 bits per heavy atom. The predicted molar refractivity (Wildman–Crippen MR) is 75.7 cm³/mol. The molecule has 0 saturated carbocycles. The molecule has 0 aliphatic heterocycles. The van der Waals surface area contributed by atoms with Crippen molar-refractivity contribution < 1.29 is 24.6 Å². The van der Waals surface area contributed by atoms with Gasteiger partial charge in [0.15, 0.2) is 0 Å². The van der Waals surface area contributed by atoms with Gasteiger partial charge in [-0.2, -0.15) is 5.48 Å². The van der Waals surface area contributed by atoms with Crippen LogP contribution in [0.4, 0.5) is 4.79 Å². The fourth-order valence-corrected chi connectivity index (χ4v) is 1.70. The van der Waals surface area contributed by atoms with Crippen molar-refractivity contribution in [3.05, 3.63) is 35.9 Å². The molecule has 0 fully saturated rings. The predicted octanol–water partition coefficient (Wildman–Crippen LogP) is 1.60. The number of unbranched alkanes of at least 4 members (excludes halogenated alkanes) is 1.